The van der Waals surface area contributed by atoms with Gasteiger partial charge in [0, 0.05) is 0 Å². The Kier molecular flexibility index (Phi) is 5.29. The van der Waals surface area contributed by atoms with E-state index in [2.05, 4.69) is 15.4 Å². The van der Waals surface area contributed by atoms with Gasteiger partial charge in [0.05, 0.1) is 27.4 Å². The quantitative estimate of drug-likeness (QED) is 0.617. The molecular weight excluding hydrogens is 397 g/mol. The Bertz CT molecular complexity index is 977. The number of hydrogen-bond acceptors (Lipinski definition) is 5. The maximum absolute atomic E-state index is 13.7. The highest BCUT2D eigenvalue weighted by molar-refractivity contribution is 8.00. The molecule has 0 atom stereocenters. The Hall–Kier alpha value is -2.33. The van der Waals surface area contributed by atoms with Crippen LogP contribution in [0, 0.1) is 13.8 Å². The molecule has 0 saturated carbocycles. The number of rotatable bonds is 4. The molecule has 2 heterocycles. The van der Waals surface area contributed by atoms with Crippen LogP contribution < -0.4 is 5.32 Å². The van der Waals surface area contributed by atoms with Crippen LogP contribution in [0.1, 0.15) is 27.3 Å². The predicted octanol–water partition coefficient (Wildman–Crippen LogP) is 4.94. The smallest absolute Gasteiger partial charge is 0.298 e. The van der Waals surface area contributed by atoms with Gasteiger partial charge in [0.25, 0.3) is 5.91 Å². The fourth-order valence-electron chi connectivity index (χ4n) is 2.46. The number of amides is 1. The summed E-state index contributed by atoms with van der Waals surface area (Å²) in [4.78, 5) is 16.7. The number of hydrogen-bond donors (Lipinski definition) is 1. The second-order valence-electron chi connectivity index (χ2n) is 5.70. The average molecular weight is 412 g/mol. The lowest BCUT2D eigenvalue weighted by Crippen LogP contribution is -2.20. The van der Waals surface area contributed by atoms with Crippen LogP contribution in [0.25, 0.3) is 5.69 Å². The molecule has 0 aliphatic rings. The van der Waals surface area contributed by atoms with E-state index in [1.54, 1.807) is 19.1 Å². The number of carbonyl (C=O) groups is 1. The van der Waals surface area contributed by atoms with Crippen LogP contribution in [0.15, 0.2) is 34.7 Å². The van der Waals surface area contributed by atoms with Crippen molar-refractivity contribution in [1.82, 2.24) is 14.8 Å². The molecule has 3 aromatic rings. The van der Waals surface area contributed by atoms with Gasteiger partial charge in [-0.25, -0.2) is 9.67 Å². The van der Waals surface area contributed by atoms with Gasteiger partial charge in [-0.05, 0) is 32.2 Å². The largest absolute Gasteiger partial charge is 0.434 e. The Labute approximate surface area is 161 Å². The summed E-state index contributed by atoms with van der Waals surface area (Å²) in [6, 6.07) is 6.40. The SMILES string of the molecule is CSc1sc(NC(=O)c2cnn(-c3ccc(C)cc3)c2C(F)(F)F)nc1C. The molecule has 5 nitrogen and oxygen atoms in total. The summed E-state index contributed by atoms with van der Waals surface area (Å²) in [5.41, 5.74) is 0.168. The number of benzene rings is 1. The molecule has 0 aliphatic carbocycles. The van der Waals surface area contributed by atoms with Crippen LogP contribution >= 0.6 is 23.1 Å². The molecule has 0 radical (unpaired) electrons. The zero-order valence-corrected chi connectivity index (χ0v) is 16.2. The van der Waals surface area contributed by atoms with E-state index in [-0.39, 0.29) is 10.8 Å². The lowest BCUT2D eigenvalue weighted by Gasteiger charge is -2.12. The van der Waals surface area contributed by atoms with Gasteiger partial charge in [0.1, 0.15) is 0 Å². The highest BCUT2D eigenvalue weighted by Gasteiger charge is 2.40. The Morgan fingerprint density at radius 3 is 2.44 bits per heavy atom. The van der Waals surface area contributed by atoms with Crippen molar-refractivity contribution in [2.75, 3.05) is 11.6 Å². The Morgan fingerprint density at radius 2 is 1.89 bits per heavy atom. The molecule has 1 N–H and O–H groups in total. The van der Waals surface area contributed by atoms with Crippen molar-refractivity contribution in [1.29, 1.82) is 0 Å². The Morgan fingerprint density at radius 1 is 1.22 bits per heavy atom. The highest BCUT2D eigenvalue weighted by atomic mass is 32.2. The zero-order chi connectivity index (χ0) is 19.8. The summed E-state index contributed by atoms with van der Waals surface area (Å²) in [6.45, 7) is 3.60. The first kappa shape index (κ1) is 19.4. The van der Waals surface area contributed by atoms with Crippen molar-refractivity contribution in [2.45, 2.75) is 24.2 Å². The molecule has 0 saturated heterocycles. The van der Waals surface area contributed by atoms with E-state index in [4.69, 9.17) is 0 Å². The van der Waals surface area contributed by atoms with Gasteiger partial charge in [-0.2, -0.15) is 18.3 Å². The fraction of sp³-hybridized carbons (Fsp3) is 0.235. The fourth-order valence-corrected chi connectivity index (χ4v) is 4.07. The third-order valence-corrected chi connectivity index (χ3v) is 6.00. The van der Waals surface area contributed by atoms with E-state index >= 15 is 0 Å². The number of alkyl halides is 3. The van der Waals surface area contributed by atoms with Crippen LogP contribution in [-0.2, 0) is 6.18 Å². The van der Waals surface area contributed by atoms with E-state index < -0.39 is 23.3 Å². The number of nitrogens with zero attached hydrogens (tertiary/aromatic N) is 3. The summed E-state index contributed by atoms with van der Waals surface area (Å²) >= 11 is 2.67. The summed E-state index contributed by atoms with van der Waals surface area (Å²) in [5.74, 6) is -0.901. The first-order valence-corrected chi connectivity index (χ1v) is 9.80. The summed E-state index contributed by atoms with van der Waals surface area (Å²) in [7, 11) is 0. The number of thioether (sulfide) groups is 1. The highest BCUT2D eigenvalue weighted by Crippen LogP contribution is 2.35. The number of thiazole rings is 1. The van der Waals surface area contributed by atoms with Gasteiger partial charge >= 0.3 is 6.18 Å². The van der Waals surface area contributed by atoms with Crippen LogP contribution in [0.4, 0.5) is 18.3 Å². The molecule has 0 unspecified atom stereocenters. The third kappa shape index (κ3) is 4.01. The van der Waals surface area contributed by atoms with Gasteiger partial charge in [-0.1, -0.05) is 29.0 Å². The third-order valence-electron chi connectivity index (χ3n) is 3.72. The molecule has 142 valence electrons. The number of aryl methyl sites for hydroxylation is 2. The molecule has 10 heteroatoms. The van der Waals surface area contributed by atoms with Crippen LogP contribution in [0.5, 0.6) is 0 Å². The lowest BCUT2D eigenvalue weighted by molar-refractivity contribution is -0.143. The number of anilines is 1. The molecule has 1 amide bonds. The number of carbonyl (C=O) groups excluding carboxylic acids is 1. The van der Waals surface area contributed by atoms with Gasteiger partial charge < -0.3 is 0 Å². The second kappa shape index (κ2) is 7.35. The van der Waals surface area contributed by atoms with Gasteiger partial charge in [-0.15, -0.1) is 11.8 Å². The van der Waals surface area contributed by atoms with Gasteiger partial charge in [-0.3, -0.25) is 10.1 Å². The number of halogens is 3. The normalized spacial score (nSPS) is 11.6. The summed E-state index contributed by atoms with van der Waals surface area (Å²) in [6.07, 6.45) is -1.97. The van der Waals surface area contributed by atoms with Crippen molar-refractivity contribution in [2.24, 2.45) is 0 Å². The van der Waals surface area contributed by atoms with E-state index in [0.717, 1.165) is 20.7 Å². The van der Waals surface area contributed by atoms with Crippen LogP contribution in [0.3, 0.4) is 0 Å². The van der Waals surface area contributed by atoms with Crippen molar-refractivity contribution < 1.29 is 18.0 Å². The van der Waals surface area contributed by atoms with E-state index in [0.29, 0.717) is 5.69 Å². The van der Waals surface area contributed by atoms with Gasteiger partial charge in [0.2, 0.25) is 0 Å². The number of nitrogens with one attached hydrogen (secondary N) is 1. The first-order valence-electron chi connectivity index (χ1n) is 7.75. The standard InChI is InChI=1S/C17H15F3N4OS2/c1-9-4-6-11(7-5-9)24-13(17(18,19)20)12(8-21-24)14(25)23-16-22-10(2)15(26-3)27-16/h4-8H,1-3H3,(H,22,23,25). The minimum absolute atomic E-state index is 0.224. The molecule has 0 spiro atoms. The van der Waals surface area contributed by atoms with Crippen molar-refractivity contribution >= 4 is 34.1 Å². The Balaban J connectivity index is 1.99. The molecule has 0 aliphatic heterocycles. The van der Waals surface area contributed by atoms with Crippen molar-refractivity contribution in [3.63, 3.8) is 0 Å². The maximum Gasteiger partial charge on any atom is 0.434 e. The van der Waals surface area contributed by atoms with E-state index in [9.17, 15) is 18.0 Å². The molecule has 27 heavy (non-hydrogen) atoms. The van der Waals surface area contributed by atoms with Crippen LogP contribution in [0.2, 0.25) is 0 Å². The summed E-state index contributed by atoms with van der Waals surface area (Å²) in [5, 5.41) is 6.49. The topological polar surface area (TPSA) is 59.8 Å². The molecule has 3 rings (SSSR count). The van der Waals surface area contributed by atoms with Gasteiger partial charge in [0.15, 0.2) is 10.8 Å². The lowest BCUT2D eigenvalue weighted by atomic mass is 10.2. The van der Waals surface area contributed by atoms with Crippen LogP contribution in [-0.4, -0.2) is 26.9 Å². The zero-order valence-electron chi connectivity index (χ0n) is 14.6. The molecule has 2 aromatic heterocycles. The van der Waals surface area contributed by atoms with E-state index in [1.807, 2.05) is 13.2 Å². The molecule has 1 aromatic carbocycles. The second-order valence-corrected chi connectivity index (χ2v) is 7.78. The minimum Gasteiger partial charge on any atom is -0.298 e. The maximum atomic E-state index is 13.7. The predicted molar refractivity (Wildman–Crippen MR) is 99.9 cm³/mol. The minimum atomic E-state index is -4.75. The average Bonchev–Trinajstić information content (AvgIpc) is 3.19. The van der Waals surface area contributed by atoms with E-state index in [1.165, 1.54) is 35.2 Å². The molecule has 0 bridgehead atoms. The first-order chi connectivity index (χ1) is 12.7. The monoisotopic (exact) mass is 412 g/mol. The molecule has 0 fully saturated rings. The summed E-state index contributed by atoms with van der Waals surface area (Å²) < 4.78 is 42.6. The molecular formula is C17H15F3N4OS2. The van der Waals surface area contributed by atoms with Crippen molar-refractivity contribution in [3.8, 4) is 5.69 Å². The van der Waals surface area contributed by atoms with Crippen molar-refractivity contribution in [3.05, 3.63) is 53.0 Å². The number of aromatic nitrogens is 3.